The van der Waals surface area contributed by atoms with Crippen molar-refractivity contribution in [2.24, 2.45) is 11.0 Å². The molecule has 0 N–H and O–H groups in total. The van der Waals surface area contributed by atoms with Crippen LogP contribution in [0.2, 0.25) is 0 Å². The average molecular weight is 448 g/mol. The number of benzene rings is 2. The third-order valence-electron chi connectivity index (χ3n) is 5.13. The number of carbonyl (C=O) groups excluding carboxylic acids is 2. The normalized spacial score (nSPS) is 17.1. The van der Waals surface area contributed by atoms with Gasteiger partial charge in [0.15, 0.2) is 15.6 Å². The van der Waals surface area contributed by atoms with Crippen LogP contribution in [0.3, 0.4) is 0 Å². The molecule has 0 radical (unpaired) electrons. The number of hydrogen-bond donors (Lipinski definition) is 0. The standard InChI is InChI=1S/C22H22F2N2O4S/c1-4-22(23,24)16-7-5-6-15(12-16)13-19(27)20-14(2)25-26(21(20)28)17-8-10-18(11-9-17)31(3,29)30/h5-12,20H,4,13H2,1-3H3. The number of hydrogen-bond acceptors (Lipinski definition) is 5. The molecule has 2 aromatic carbocycles. The monoisotopic (exact) mass is 448 g/mol. The summed E-state index contributed by atoms with van der Waals surface area (Å²) in [7, 11) is -3.39. The van der Waals surface area contributed by atoms with E-state index in [1.807, 2.05) is 0 Å². The Labute approximate surface area is 179 Å². The molecule has 164 valence electrons. The van der Waals surface area contributed by atoms with Crippen LogP contribution >= 0.6 is 0 Å². The van der Waals surface area contributed by atoms with Crippen molar-refractivity contribution in [1.82, 2.24) is 0 Å². The third-order valence-corrected chi connectivity index (χ3v) is 6.26. The Bertz CT molecular complexity index is 1160. The van der Waals surface area contributed by atoms with Crippen molar-refractivity contribution in [2.75, 3.05) is 11.3 Å². The highest BCUT2D eigenvalue weighted by Gasteiger charge is 2.39. The molecule has 0 fully saturated rings. The maximum Gasteiger partial charge on any atom is 0.273 e. The molecule has 0 spiro atoms. The quantitative estimate of drug-likeness (QED) is 0.604. The molecule has 2 aromatic rings. The molecule has 0 saturated carbocycles. The SMILES string of the molecule is CCC(F)(F)c1cccc(CC(=O)C2C(=O)N(c3ccc(S(C)(=O)=O)cc3)N=C2C)c1. The van der Waals surface area contributed by atoms with Crippen molar-refractivity contribution >= 4 is 32.9 Å². The van der Waals surface area contributed by atoms with Crippen molar-refractivity contribution in [3.63, 3.8) is 0 Å². The first-order valence-electron chi connectivity index (χ1n) is 9.63. The molecule has 0 bridgehead atoms. The molecular weight excluding hydrogens is 426 g/mol. The zero-order chi connectivity index (χ0) is 23.0. The molecule has 6 nitrogen and oxygen atoms in total. The summed E-state index contributed by atoms with van der Waals surface area (Å²) in [5, 5.41) is 5.22. The summed E-state index contributed by atoms with van der Waals surface area (Å²) >= 11 is 0. The van der Waals surface area contributed by atoms with Gasteiger partial charge in [-0.15, -0.1) is 0 Å². The largest absolute Gasteiger partial charge is 0.298 e. The Morgan fingerprint density at radius 2 is 1.81 bits per heavy atom. The summed E-state index contributed by atoms with van der Waals surface area (Å²) in [4.78, 5) is 25.8. The molecule has 0 aromatic heterocycles. The van der Waals surface area contributed by atoms with Crippen LogP contribution < -0.4 is 5.01 Å². The first-order chi connectivity index (χ1) is 14.4. The van der Waals surface area contributed by atoms with E-state index in [2.05, 4.69) is 5.10 Å². The molecule has 1 amide bonds. The minimum absolute atomic E-state index is 0.0972. The highest BCUT2D eigenvalue weighted by atomic mass is 32.2. The number of sulfone groups is 1. The number of ketones is 1. The van der Waals surface area contributed by atoms with Crippen LogP contribution in [-0.4, -0.2) is 32.1 Å². The maximum atomic E-state index is 14.0. The van der Waals surface area contributed by atoms with E-state index in [4.69, 9.17) is 0 Å². The molecule has 1 atom stereocenters. The second-order valence-electron chi connectivity index (χ2n) is 7.49. The smallest absolute Gasteiger partial charge is 0.273 e. The maximum absolute atomic E-state index is 14.0. The minimum Gasteiger partial charge on any atom is -0.298 e. The summed E-state index contributed by atoms with van der Waals surface area (Å²) in [5.41, 5.74) is 0.845. The molecule has 0 saturated heterocycles. The number of halogens is 2. The number of amides is 1. The predicted octanol–water partition coefficient (Wildman–Crippen LogP) is 3.74. The Kier molecular flexibility index (Phi) is 6.09. The molecule has 1 heterocycles. The van der Waals surface area contributed by atoms with E-state index < -0.39 is 33.4 Å². The summed E-state index contributed by atoms with van der Waals surface area (Å²) < 4.78 is 51.1. The van der Waals surface area contributed by atoms with Crippen molar-refractivity contribution in [1.29, 1.82) is 0 Å². The fourth-order valence-corrected chi connectivity index (χ4v) is 4.00. The van der Waals surface area contributed by atoms with Crippen molar-refractivity contribution in [2.45, 2.75) is 37.5 Å². The number of hydrazone groups is 1. The van der Waals surface area contributed by atoms with Gasteiger partial charge >= 0.3 is 0 Å². The summed E-state index contributed by atoms with van der Waals surface area (Å²) in [5.74, 6) is -5.12. The number of Topliss-reactive ketones (excluding diaryl/α,β-unsaturated/α-hetero) is 1. The van der Waals surface area contributed by atoms with Gasteiger partial charge in [0.05, 0.1) is 16.3 Å². The predicted molar refractivity (Wildman–Crippen MR) is 113 cm³/mol. The van der Waals surface area contributed by atoms with E-state index in [0.717, 1.165) is 11.3 Å². The van der Waals surface area contributed by atoms with Gasteiger partial charge in [-0.05, 0) is 42.8 Å². The Morgan fingerprint density at radius 3 is 2.39 bits per heavy atom. The van der Waals surface area contributed by atoms with Gasteiger partial charge in [0, 0.05) is 24.7 Å². The molecular formula is C22H22F2N2O4S. The first kappa shape index (κ1) is 22.7. The van der Waals surface area contributed by atoms with Crippen LogP contribution in [0.25, 0.3) is 0 Å². The van der Waals surface area contributed by atoms with Gasteiger partial charge in [-0.3, -0.25) is 9.59 Å². The fraction of sp³-hybridized carbons (Fsp3) is 0.318. The van der Waals surface area contributed by atoms with E-state index in [1.165, 1.54) is 49.4 Å². The number of anilines is 1. The molecule has 1 aliphatic heterocycles. The van der Waals surface area contributed by atoms with Gasteiger partial charge < -0.3 is 0 Å². The zero-order valence-electron chi connectivity index (χ0n) is 17.3. The lowest BCUT2D eigenvalue weighted by atomic mass is 9.92. The Balaban J connectivity index is 1.79. The van der Waals surface area contributed by atoms with Gasteiger partial charge in [-0.2, -0.15) is 10.1 Å². The Hall–Kier alpha value is -2.94. The van der Waals surface area contributed by atoms with Crippen LogP contribution in [0.15, 0.2) is 58.5 Å². The van der Waals surface area contributed by atoms with E-state index in [1.54, 1.807) is 13.0 Å². The van der Waals surface area contributed by atoms with Gasteiger partial charge in [0.1, 0.15) is 5.92 Å². The third kappa shape index (κ3) is 4.71. The van der Waals surface area contributed by atoms with Crippen LogP contribution in [0, 0.1) is 5.92 Å². The zero-order valence-corrected chi connectivity index (χ0v) is 18.1. The number of carbonyl (C=O) groups is 2. The topological polar surface area (TPSA) is 83.9 Å². The van der Waals surface area contributed by atoms with E-state index in [0.29, 0.717) is 11.3 Å². The molecule has 1 aliphatic rings. The molecule has 9 heteroatoms. The molecule has 1 unspecified atom stereocenters. The van der Waals surface area contributed by atoms with Gasteiger partial charge in [-0.1, -0.05) is 25.1 Å². The van der Waals surface area contributed by atoms with Crippen LogP contribution in [0.5, 0.6) is 0 Å². The number of alkyl halides is 2. The second kappa shape index (κ2) is 8.30. The minimum atomic E-state index is -3.39. The van der Waals surface area contributed by atoms with Crippen LogP contribution in [-0.2, 0) is 31.8 Å². The van der Waals surface area contributed by atoms with E-state index >= 15 is 0 Å². The Morgan fingerprint density at radius 1 is 1.16 bits per heavy atom. The second-order valence-corrected chi connectivity index (χ2v) is 9.51. The van der Waals surface area contributed by atoms with Gasteiger partial charge in [-0.25, -0.2) is 17.2 Å². The molecule has 0 aliphatic carbocycles. The highest BCUT2D eigenvalue weighted by Crippen LogP contribution is 2.32. The summed E-state index contributed by atoms with van der Waals surface area (Å²) in [6.07, 6.45) is 0.535. The highest BCUT2D eigenvalue weighted by molar-refractivity contribution is 7.90. The number of nitrogens with zero attached hydrogens (tertiary/aromatic N) is 2. The van der Waals surface area contributed by atoms with Crippen molar-refractivity contribution in [3.8, 4) is 0 Å². The van der Waals surface area contributed by atoms with Crippen molar-refractivity contribution < 1.29 is 26.8 Å². The fourth-order valence-electron chi connectivity index (χ4n) is 3.37. The van der Waals surface area contributed by atoms with Crippen LogP contribution in [0.1, 0.15) is 31.4 Å². The lowest BCUT2D eigenvalue weighted by molar-refractivity contribution is -0.128. The summed E-state index contributed by atoms with van der Waals surface area (Å²) in [6.45, 7) is 2.93. The molecule has 31 heavy (non-hydrogen) atoms. The van der Waals surface area contributed by atoms with Gasteiger partial charge in [0.25, 0.3) is 11.8 Å². The lowest BCUT2D eigenvalue weighted by Gasteiger charge is -2.16. The van der Waals surface area contributed by atoms with E-state index in [9.17, 15) is 26.8 Å². The first-order valence-corrected chi connectivity index (χ1v) is 11.5. The molecule has 3 rings (SSSR count). The van der Waals surface area contributed by atoms with E-state index in [-0.39, 0.29) is 29.0 Å². The summed E-state index contributed by atoms with van der Waals surface area (Å²) in [6, 6.07) is 11.2. The number of rotatable bonds is 7. The average Bonchev–Trinajstić information content (AvgIpc) is 3.01. The van der Waals surface area contributed by atoms with Crippen molar-refractivity contribution in [3.05, 3.63) is 59.7 Å². The van der Waals surface area contributed by atoms with Gasteiger partial charge in [0.2, 0.25) is 0 Å². The lowest BCUT2D eigenvalue weighted by Crippen LogP contribution is -2.33. The van der Waals surface area contributed by atoms with Crippen LogP contribution in [0.4, 0.5) is 14.5 Å².